The van der Waals surface area contributed by atoms with Gasteiger partial charge in [0.05, 0.1) is 11.7 Å². The summed E-state index contributed by atoms with van der Waals surface area (Å²) in [6.45, 7) is 9.22. The third-order valence-electron chi connectivity index (χ3n) is 3.71. The summed E-state index contributed by atoms with van der Waals surface area (Å²) < 4.78 is 5.63. The van der Waals surface area contributed by atoms with Crippen LogP contribution < -0.4 is 5.32 Å². The van der Waals surface area contributed by atoms with Crippen LogP contribution in [-0.2, 0) is 4.74 Å². The van der Waals surface area contributed by atoms with Crippen LogP contribution >= 0.6 is 0 Å². The topological polar surface area (TPSA) is 41.6 Å². The number of carbonyl (C=O) groups is 1. The van der Waals surface area contributed by atoms with E-state index in [1.165, 1.54) is 0 Å². The highest BCUT2D eigenvalue weighted by molar-refractivity contribution is 5.99. The largest absolute Gasteiger partial charge is 0.384 e. The van der Waals surface area contributed by atoms with Crippen LogP contribution in [0.2, 0.25) is 0 Å². The summed E-state index contributed by atoms with van der Waals surface area (Å²) >= 11 is 0. The van der Waals surface area contributed by atoms with Crippen molar-refractivity contribution in [1.29, 1.82) is 0 Å². The molecule has 1 aliphatic rings. The highest BCUT2D eigenvalue weighted by atomic mass is 16.5. The summed E-state index contributed by atoms with van der Waals surface area (Å²) in [5.41, 5.74) is 2.82. The summed E-state index contributed by atoms with van der Waals surface area (Å²) in [6.07, 6.45) is 2.05. The van der Waals surface area contributed by atoms with Crippen LogP contribution in [0.3, 0.4) is 0 Å². The predicted octanol–water partition coefficient (Wildman–Crippen LogP) is 3.07. The molecule has 0 aliphatic carbocycles. The number of carbonyl (C=O) groups excluding carboxylic acids is 1. The van der Waals surface area contributed by atoms with E-state index in [9.17, 15) is 4.79 Å². The first-order valence-corrected chi connectivity index (χ1v) is 7.87. The molecule has 0 radical (unpaired) electrons. The van der Waals surface area contributed by atoms with Gasteiger partial charge in [0.25, 0.3) is 5.91 Å². The zero-order valence-corrected chi connectivity index (χ0v) is 13.3. The Bertz CT molecular complexity index is 488. The molecule has 116 valence electrons. The van der Waals surface area contributed by atoms with E-state index in [-0.39, 0.29) is 12.0 Å². The number of nitrogens with zero attached hydrogens (tertiary/aromatic N) is 1. The van der Waals surface area contributed by atoms with Gasteiger partial charge in [-0.3, -0.25) is 4.79 Å². The summed E-state index contributed by atoms with van der Waals surface area (Å²) in [6, 6.07) is 6.04. The van der Waals surface area contributed by atoms with Crippen molar-refractivity contribution < 1.29 is 9.53 Å². The Hall–Kier alpha value is -1.55. The number of nitrogens with one attached hydrogen (secondary N) is 1. The van der Waals surface area contributed by atoms with Gasteiger partial charge in [0.15, 0.2) is 0 Å². The van der Waals surface area contributed by atoms with E-state index in [0.717, 1.165) is 49.4 Å². The van der Waals surface area contributed by atoms with Crippen LogP contribution in [0.15, 0.2) is 18.2 Å². The second-order valence-electron chi connectivity index (χ2n) is 5.76. The second kappa shape index (κ2) is 7.46. The molecular formula is C17H26N2O2. The van der Waals surface area contributed by atoms with E-state index in [1.807, 2.05) is 36.9 Å². The molecule has 1 heterocycles. The number of hydrogen-bond donors (Lipinski definition) is 1. The molecule has 4 heteroatoms. The molecule has 4 nitrogen and oxygen atoms in total. The van der Waals surface area contributed by atoms with Crippen molar-refractivity contribution in [2.24, 2.45) is 0 Å². The minimum atomic E-state index is 0.105. The lowest BCUT2D eigenvalue weighted by Crippen LogP contribution is -2.36. The first kappa shape index (κ1) is 15.8. The maximum absolute atomic E-state index is 12.9. The average Bonchev–Trinajstić information content (AvgIpc) is 2.70. The Morgan fingerprint density at radius 2 is 2.29 bits per heavy atom. The van der Waals surface area contributed by atoms with Crippen LogP contribution in [0.4, 0.5) is 5.69 Å². The highest BCUT2D eigenvalue weighted by Crippen LogP contribution is 2.21. The van der Waals surface area contributed by atoms with Crippen molar-refractivity contribution in [3.05, 3.63) is 29.3 Å². The maximum atomic E-state index is 12.9. The van der Waals surface area contributed by atoms with E-state index in [2.05, 4.69) is 12.2 Å². The van der Waals surface area contributed by atoms with E-state index in [1.54, 1.807) is 0 Å². The van der Waals surface area contributed by atoms with Gasteiger partial charge in [-0.05, 0) is 38.8 Å². The van der Waals surface area contributed by atoms with Crippen molar-refractivity contribution in [3.63, 3.8) is 0 Å². The summed E-state index contributed by atoms with van der Waals surface area (Å²) in [4.78, 5) is 14.8. The first-order chi connectivity index (χ1) is 10.1. The van der Waals surface area contributed by atoms with Crippen molar-refractivity contribution in [2.75, 3.05) is 31.6 Å². The van der Waals surface area contributed by atoms with Gasteiger partial charge in [-0.1, -0.05) is 18.6 Å². The lowest BCUT2D eigenvalue weighted by Gasteiger charge is -2.24. The van der Waals surface area contributed by atoms with Crippen LogP contribution in [0, 0.1) is 6.92 Å². The molecule has 2 rings (SSSR count). The Labute approximate surface area is 127 Å². The fraction of sp³-hybridized carbons (Fsp3) is 0.588. The van der Waals surface area contributed by atoms with Gasteiger partial charge in [-0.15, -0.1) is 0 Å². The fourth-order valence-corrected chi connectivity index (χ4v) is 2.60. The minimum Gasteiger partial charge on any atom is -0.384 e. The zero-order chi connectivity index (χ0) is 15.2. The van der Waals surface area contributed by atoms with E-state index in [4.69, 9.17) is 4.74 Å². The average molecular weight is 290 g/mol. The molecule has 1 aromatic rings. The van der Waals surface area contributed by atoms with Crippen LogP contribution in [0.5, 0.6) is 0 Å². The third-order valence-corrected chi connectivity index (χ3v) is 3.71. The van der Waals surface area contributed by atoms with Gasteiger partial charge in [0.2, 0.25) is 0 Å². The smallest absolute Gasteiger partial charge is 0.256 e. The lowest BCUT2D eigenvalue weighted by molar-refractivity contribution is 0.0563. The first-order valence-electron chi connectivity index (χ1n) is 7.87. The molecular weight excluding hydrogens is 264 g/mol. The molecule has 1 atom stereocenters. The number of aryl methyl sites for hydroxylation is 1. The monoisotopic (exact) mass is 290 g/mol. The standard InChI is InChI=1S/C17H26N2O2/c1-4-8-18-16-7-6-13(2)11-15(16)17(20)19-9-5-10-21-14(3)12-19/h6-7,11,14,18H,4-5,8-10,12H2,1-3H3. The normalized spacial score (nSPS) is 19.2. The molecule has 1 aromatic carbocycles. The molecule has 0 bridgehead atoms. The Morgan fingerprint density at radius 1 is 1.48 bits per heavy atom. The summed E-state index contributed by atoms with van der Waals surface area (Å²) in [5.74, 6) is 0.106. The number of benzene rings is 1. The Kier molecular flexibility index (Phi) is 5.62. The van der Waals surface area contributed by atoms with Crippen molar-refractivity contribution in [2.45, 2.75) is 39.7 Å². The van der Waals surface area contributed by atoms with Crippen LogP contribution in [0.25, 0.3) is 0 Å². The summed E-state index contributed by atoms with van der Waals surface area (Å²) in [7, 11) is 0. The van der Waals surface area contributed by atoms with Gasteiger partial charge >= 0.3 is 0 Å². The van der Waals surface area contributed by atoms with Gasteiger partial charge in [0, 0.05) is 31.9 Å². The second-order valence-corrected chi connectivity index (χ2v) is 5.76. The Morgan fingerprint density at radius 3 is 3.05 bits per heavy atom. The molecule has 1 saturated heterocycles. The van der Waals surface area contributed by atoms with Crippen molar-refractivity contribution in [3.8, 4) is 0 Å². The third kappa shape index (κ3) is 4.21. The minimum absolute atomic E-state index is 0.105. The highest BCUT2D eigenvalue weighted by Gasteiger charge is 2.23. The van der Waals surface area contributed by atoms with Gasteiger partial charge in [-0.25, -0.2) is 0 Å². The maximum Gasteiger partial charge on any atom is 0.256 e. The lowest BCUT2D eigenvalue weighted by atomic mass is 10.1. The van der Waals surface area contributed by atoms with Crippen molar-refractivity contribution in [1.82, 2.24) is 4.90 Å². The molecule has 1 amide bonds. The van der Waals surface area contributed by atoms with E-state index < -0.39 is 0 Å². The van der Waals surface area contributed by atoms with Crippen LogP contribution in [-0.4, -0.2) is 43.2 Å². The van der Waals surface area contributed by atoms with Gasteiger partial charge < -0.3 is 15.0 Å². The Balaban J connectivity index is 2.21. The molecule has 1 aliphatic heterocycles. The number of hydrogen-bond acceptors (Lipinski definition) is 3. The molecule has 0 spiro atoms. The van der Waals surface area contributed by atoms with Gasteiger partial charge in [0.1, 0.15) is 0 Å². The fourth-order valence-electron chi connectivity index (χ4n) is 2.60. The van der Waals surface area contributed by atoms with Crippen molar-refractivity contribution >= 4 is 11.6 Å². The summed E-state index contributed by atoms with van der Waals surface area (Å²) in [5, 5.41) is 3.36. The molecule has 0 saturated carbocycles. The number of ether oxygens (including phenoxy) is 1. The molecule has 1 fully saturated rings. The molecule has 21 heavy (non-hydrogen) atoms. The molecule has 1 N–H and O–H groups in total. The van der Waals surface area contributed by atoms with E-state index in [0.29, 0.717) is 6.54 Å². The quantitative estimate of drug-likeness (QED) is 0.926. The van der Waals surface area contributed by atoms with Crippen LogP contribution in [0.1, 0.15) is 42.6 Å². The molecule has 0 aromatic heterocycles. The SMILES string of the molecule is CCCNc1ccc(C)cc1C(=O)N1CCCOC(C)C1. The number of anilines is 1. The number of rotatable bonds is 4. The zero-order valence-electron chi connectivity index (χ0n) is 13.3. The van der Waals surface area contributed by atoms with Gasteiger partial charge in [-0.2, -0.15) is 0 Å². The van der Waals surface area contributed by atoms with E-state index >= 15 is 0 Å². The predicted molar refractivity (Wildman–Crippen MR) is 85.9 cm³/mol. The molecule has 1 unspecified atom stereocenters. The number of amides is 1.